The molecule has 5 N–H and O–H groups in total. The van der Waals surface area contributed by atoms with Crippen LogP contribution in [0, 0.1) is 17.6 Å². The van der Waals surface area contributed by atoms with Crippen LogP contribution in [0.25, 0.3) is 11.0 Å². The number of rotatable bonds is 6. The third kappa shape index (κ3) is 4.19. The maximum absolute atomic E-state index is 14.0. The number of anilines is 1. The van der Waals surface area contributed by atoms with Crippen molar-refractivity contribution in [3.8, 4) is 0 Å². The van der Waals surface area contributed by atoms with Gasteiger partial charge in [-0.05, 0) is 44.1 Å². The Labute approximate surface area is 180 Å². The molecule has 1 aromatic carbocycles. The third-order valence-electron chi connectivity index (χ3n) is 5.43. The summed E-state index contributed by atoms with van der Waals surface area (Å²) in [6.07, 6.45) is 1.31. The largest absolute Gasteiger partial charge is 0.455 e. The van der Waals surface area contributed by atoms with Crippen LogP contribution in [-0.4, -0.2) is 35.7 Å². The number of nitrogens with one attached hydrogen (secondary N) is 1. The maximum Gasteiger partial charge on any atom is 0.291 e. The molecule has 0 spiro atoms. The zero-order valence-electron chi connectivity index (χ0n) is 16.8. The number of halogens is 2. The van der Waals surface area contributed by atoms with Crippen LogP contribution >= 0.6 is 0 Å². The molecule has 3 heterocycles. The monoisotopic (exact) mass is 446 g/mol. The summed E-state index contributed by atoms with van der Waals surface area (Å²) < 4.78 is 38.4. The molecule has 3 amide bonds. The van der Waals surface area contributed by atoms with E-state index in [9.17, 15) is 23.2 Å². The fourth-order valence-electron chi connectivity index (χ4n) is 3.78. The van der Waals surface area contributed by atoms with E-state index in [-0.39, 0.29) is 28.7 Å². The summed E-state index contributed by atoms with van der Waals surface area (Å²) in [5.74, 6) is -4.28. The molecule has 1 saturated heterocycles. The molecule has 168 valence electrons. The molecule has 1 aliphatic rings. The Balaban J connectivity index is 1.50. The predicted molar refractivity (Wildman–Crippen MR) is 109 cm³/mol. The molecule has 1 fully saturated rings. The van der Waals surface area contributed by atoms with Crippen LogP contribution < -0.4 is 16.8 Å². The van der Waals surface area contributed by atoms with Crippen molar-refractivity contribution >= 4 is 34.4 Å². The van der Waals surface area contributed by atoms with Crippen molar-refractivity contribution in [3.63, 3.8) is 0 Å². The number of benzene rings is 1. The second-order valence-electron chi connectivity index (χ2n) is 7.61. The molecular formula is C21H20F2N4O5. The van der Waals surface area contributed by atoms with Crippen molar-refractivity contribution in [1.29, 1.82) is 0 Å². The Morgan fingerprint density at radius 3 is 2.47 bits per heavy atom. The highest BCUT2D eigenvalue weighted by molar-refractivity contribution is 6.13. The number of hydrogen-bond acceptors (Lipinski definition) is 6. The number of nitrogens with two attached hydrogens (primary N) is 2. The number of primary amides is 2. The van der Waals surface area contributed by atoms with Crippen LogP contribution in [0.3, 0.4) is 0 Å². The highest BCUT2D eigenvalue weighted by atomic mass is 19.1. The van der Waals surface area contributed by atoms with Crippen LogP contribution in [0.1, 0.15) is 39.7 Å². The van der Waals surface area contributed by atoms with Crippen LogP contribution in [0.15, 0.2) is 33.1 Å². The van der Waals surface area contributed by atoms with Gasteiger partial charge in [-0.15, -0.1) is 0 Å². The van der Waals surface area contributed by atoms with E-state index in [2.05, 4.69) is 10.2 Å². The first-order valence-corrected chi connectivity index (χ1v) is 9.86. The third-order valence-corrected chi connectivity index (χ3v) is 5.43. The van der Waals surface area contributed by atoms with Crippen LogP contribution in [0.2, 0.25) is 0 Å². The number of carbonyl (C=O) groups excluding carboxylic acids is 3. The van der Waals surface area contributed by atoms with E-state index in [0.29, 0.717) is 44.3 Å². The molecule has 11 heteroatoms. The topological polar surface area (TPSA) is 145 Å². The van der Waals surface area contributed by atoms with Gasteiger partial charge in [0.1, 0.15) is 17.3 Å². The zero-order chi connectivity index (χ0) is 23.0. The standard InChI is InChI=1S/C21H20F2N4O5/c22-11-7-13-16(18(20(25)29)32-17(13)14(23)8-11)26-21(30)15-2-1-12(31-15)9-27-5-3-10(4-6-27)19(24)28/h1-2,7-8,10H,3-6,9H2,(H2,24,28)(H2,25,29)(H,26,30). The first-order valence-electron chi connectivity index (χ1n) is 9.86. The first kappa shape index (κ1) is 21.5. The lowest BCUT2D eigenvalue weighted by atomic mass is 9.96. The van der Waals surface area contributed by atoms with Crippen LogP contribution in [0.5, 0.6) is 0 Å². The van der Waals surface area contributed by atoms with Crippen molar-refractivity contribution < 1.29 is 32.0 Å². The summed E-state index contributed by atoms with van der Waals surface area (Å²) in [7, 11) is 0. The summed E-state index contributed by atoms with van der Waals surface area (Å²) in [4.78, 5) is 37.7. The summed E-state index contributed by atoms with van der Waals surface area (Å²) in [6, 6.07) is 4.57. The van der Waals surface area contributed by atoms with Gasteiger partial charge in [0.15, 0.2) is 17.2 Å². The highest BCUT2D eigenvalue weighted by Crippen LogP contribution is 2.33. The summed E-state index contributed by atoms with van der Waals surface area (Å²) >= 11 is 0. The normalized spacial score (nSPS) is 15.2. The Hall–Kier alpha value is -3.73. The van der Waals surface area contributed by atoms with Gasteiger partial charge in [-0.2, -0.15) is 0 Å². The molecule has 1 aliphatic heterocycles. The summed E-state index contributed by atoms with van der Waals surface area (Å²) in [5.41, 5.74) is 9.94. The molecule has 4 rings (SSSR count). The molecule has 3 aromatic rings. The van der Waals surface area contributed by atoms with Gasteiger partial charge >= 0.3 is 0 Å². The minimum atomic E-state index is -1.06. The Bertz CT molecular complexity index is 1210. The molecule has 32 heavy (non-hydrogen) atoms. The van der Waals surface area contributed by atoms with Gasteiger partial charge in [0.2, 0.25) is 11.7 Å². The molecule has 9 nitrogen and oxygen atoms in total. The number of piperidine rings is 1. The maximum atomic E-state index is 14.0. The number of amides is 3. The Morgan fingerprint density at radius 1 is 1.09 bits per heavy atom. The van der Waals surface area contributed by atoms with Gasteiger partial charge in [-0.1, -0.05) is 0 Å². The predicted octanol–water partition coefficient (Wildman–Crippen LogP) is 2.35. The molecule has 0 atom stereocenters. The number of nitrogens with zero attached hydrogens (tertiary/aromatic N) is 1. The fourth-order valence-corrected chi connectivity index (χ4v) is 3.78. The lowest BCUT2D eigenvalue weighted by molar-refractivity contribution is -0.123. The number of carbonyl (C=O) groups is 3. The molecule has 0 saturated carbocycles. The second kappa shape index (κ2) is 8.42. The smallest absolute Gasteiger partial charge is 0.291 e. The van der Waals surface area contributed by atoms with Crippen molar-refractivity contribution in [2.45, 2.75) is 19.4 Å². The molecule has 0 bridgehead atoms. The summed E-state index contributed by atoms with van der Waals surface area (Å²) in [6.45, 7) is 1.75. The Morgan fingerprint density at radius 2 is 1.81 bits per heavy atom. The van der Waals surface area contributed by atoms with Gasteiger partial charge < -0.3 is 25.6 Å². The van der Waals surface area contributed by atoms with Crippen LogP contribution in [0.4, 0.5) is 14.5 Å². The molecular weight excluding hydrogens is 426 g/mol. The minimum absolute atomic E-state index is 0.0753. The van der Waals surface area contributed by atoms with E-state index in [1.54, 1.807) is 6.07 Å². The van der Waals surface area contributed by atoms with E-state index in [0.717, 1.165) is 6.07 Å². The number of hydrogen-bond donors (Lipinski definition) is 3. The molecule has 0 unspecified atom stereocenters. The summed E-state index contributed by atoms with van der Waals surface area (Å²) in [5, 5.41) is 2.25. The van der Waals surface area contributed by atoms with Crippen LogP contribution in [-0.2, 0) is 11.3 Å². The molecule has 0 radical (unpaired) electrons. The van der Waals surface area contributed by atoms with Gasteiger partial charge in [-0.3, -0.25) is 19.3 Å². The van der Waals surface area contributed by atoms with Crippen molar-refractivity contribution in [1.82, 2.24) is 4.90 Å². The quantitative estimate of drug-likeness (QED) is 0.530. The molecule has 2 aromatic heterocycles. The number of furan rings is 2. The van der Waals surface area contributed by atoms with Gasteiger partial charge in [-0.25, -0.2) is 8.78 Å². The Kier molecular flexibility index (Phi) is 5.66. The minimum Gasteiger partial charge on any atom is -0.455 e. The first-order chi connectivity index (χ1) is 15.2. The number of likely N-dealkylation sites (tertiary alicyclic amines) is 1. The molecule has 0 aliphatic carbocycles. The van der Waals surface area contributed by atoms with E-state index >= 15 is 0 Å². The van der Waals surface area contributed by atoms with Crippen molar-refractivity contribution in [2.24, 2.45) is 17.4 Å². The lowest BCUT2D eigenvalue weighted by Gasteiger charge is -2.29. The van der Waals surface area contributed by atoms with Gasteiger partial charge in [0.25, 0.3) is 11.8 Å². The second-order valence-corrected chi connectivity index (χ2v) is 7.61. The van der Waals surface area contributed by atoms with E-state index in [1.807, 2.05) is 0 Å². The SMILES string of the molecule is NC(=O)c1oc2c(F)cc(F)cc2c1NC(=O)c1ccc(CN2CCC(C(N)=O)CC2)o1. The average Bonchev–Trinajstić information content (AvgIpc) is 3.34. The average molecular weight is 446 g/mol. The van der Waals surface area contributed by atoms with Gasteiger partial charge in [0.05, 0.1) is 11.9 Å². The van der Waals surface area contributed by atoms with Crippen molar-refractivity contribution in [2.75, 3.05) is 18.4 Å². The van der Waals surface area contributed by atoms with Crippen molar-refractivity contribution in [3.05, 3.63) is 53.2 Å². The highest BCUT2D eigenvalue weighted by Gasteiger charge is 2.26. The van der Waals surface area contributed by atoms with E-state index in [4.69, 9.17) is 20.3 Å². The zero-order valence-corrected chi connectivity index (χ0v) is 16.8. The van der Waals surface area contributed by atoms with E-state index < -0.39 is 34.8 Å². The fraction of sp³-hybridized carbons (Fsp3) is 0.286. The lowest BCUT2D eigenvalue weighted by Crippen LogP contribution is -2.38. The number of fused-ring (bicyclic) bond motifs is 1. The van der Waals surface area contributed by atoms with E-state index in [1.165, 1.54) is 6.07 Å². The van der Waals surface area contributed by atoms with Gasteiger partial charge in [0, 0.05) is 12.0 Å².